The van der Waals surface area contributed by atoms with Crippen molar-refractivity contribution in [3.8, 4) is 0 Å². The predicted octanol–water partition coefficient (Wildman–Crippen LogP) is 3.24. The van der Waals surface area contributed by atoms with Crippen LogP contribution in [0, 0.1) is 0 Å². The van der Waals surface area contributed by atoms with Crippen LogP contribution in [0.2, 0.25) is 0 Å². The molecule has 0 heterocycles. The Bertz CT molecular complexity index is 581. The Kier molecular flexibility index (Phi) is 26.7. The Morgan fingerprint density at radius 1 is 0.733 bits per heavy atom. The summed E-state index contributed by atoms with van der Waals surface area (Å²) in [5, 5.41) is 38.9. The summed E-state index contributed by atoms with van der Waals surface area (Å²) in [5.74, 6) is -2.81. The van der Waals surface area contributed by atoms with Gasteiger partial charge < -0.3 is 25.5 Å². The molecule has 8 heteroatoms. The van der Waals surface area contributed by atoms with Crippen LogP contribution < -0.4 is 0 Å². The first-order valence-corrected chi connectivity index (χ1v) is 8.33. The van der Waals surface area contributed by atoms with E-state index in [4.69, 9.17) is 25.5 Å². The summed E-state index contributed by atoms with van der Waals surface area (Å²) in [5.41, 5.74) is 1.70. The van der Waals surface area contributed by atoms with Crippen molar-refractivity contribution in [3.05, 3.63) is 78.9 Å². The van der Waals surface area contributed by atoms with E-state index in [1.54, 1.807) is 0 Å². The molecule has 30 heavy (non-hydrogen) atoms. The minimum atomic E-state index is -0.935. The van der Waals surface area contributed by atoms with Gasteiger partial charge in [0.25, 0.3) is 0 Å². The molecule has 0 atom stereocenters. The van der Waals surface area contributed by atoms with E-state index in [1.807, 2.05) is 36.4 Å². The second kappa shape index (κ2) is 23.5. The van der Waals surface area contributed by atoms with Gasteiger partial charge in [0.15, 0.2) is 0 Å². The first-order chi connectivity index (χ1) is 13.8. The number of hydrogen-bond donors (Lipinski definition) is 5. The molecule has 0 saturated carbocycles. The van der Waals surface area contributed by atoms with E-state index in [2.05, 4.69) is 26.3 Å². The molecule has 0 aliphatic rings. The van der Waals surface area contributed by atoms with Crippen molar-refractivity contribution < 1.29 is 39.9 Å². The Hall–Kier alpha value is -3.49. The summed E-state index contributed by atoms with van der Waals surface area (Å²) in [4.78, 5) is 28.8. The van der Waals surface area contributed by atoms with Gasteiger partial charge in [-0.3, -0.25) is 0 Å². The number of carbonyl (C=O) groups is 3. The van der Waals surface area contributed by atoms with Crippen molar-refractivity contribution in [2.24, 2.45) is 0 Å². The van der Waals surface area contributed by atoms with Gasteiger partial charge >= 0.3 is 17.9 Å². The highest BCUT2D eigenvalue weighted by Crippen LogP contribution is 1.97. The number of hydrogen-bond acceptors (Lipinski definition) is 5. The van der Waals surface area contributed by atoms with Crippen LogP contribution in [-0.2, 0) is 14.4 Å². The molecule has 1 aromatic carbocycles. The highest BCUT2D eigenvalue weighted by atomic mass is 16.4. The van der Waals surface area contributed by atoms with Gasteiger partial charge in [0.2, 0.25) is 0 Å². The van der Waals surface area contributed by atoms with Crippen LogP contribution in [-0.4, -0.2) is 56.7 Å². The third-order valence-corrected chi connectivity index (χ3v) is 2.23. The lowest BCUT2D eigenvalue weighted by molar-refractivity contribution is -0.133. The molecule has 1 aromatic rings. The highest BCUT2D eigenvalue weighted by molar-refractivity contribution is 5.85. The first kappa shape index (κ1) is 34.0. The average molecular weight is 424 g/mol. The molecule has 0 fully saturated rings. The second-order valence-corrected chi connectivity index (χ2v) is 5.32. The van der Waals surface area contributed by atoms with E-state index in [0.717, 1.165) is 0 Å². The van der Waals surface area contributed by atoms with Crippen LogP contribution in [0.25, 0.3) is 6.08 Å². The molecule has 0 aromatic heterocycles. The molecule has 0 bridgehead atoms. The molecule has 1 rings (SSSR count). The van der Waals surface area contributed by atoms with Gasteiger partial charge in [0.05, 0.1) is 13.2 Å². The fourth-order valence-corrected chi connectivity index (χ4v) is 0.589. The van der Waals surface area contributed by atoms with Crippen molar-refractivity contribution in [3.63, 3.8) is 0 Å². The topological polar surface area (TPSA) is 152 Å². The lowest BCUT2D eigenvalue weighted by atomic mass is 10.2. The molecule has 168 valence electrons. The Labute approximate surface area is 177 Å². The van der Waals surface area contributed by atoms with Crippen LogP contribution in [0.15, 0.2) is 73.4 Å². The normalized spacial score (nSPS) is 7.77. The van der Waals surface area contributed by atoms with Gasteiger partial charge in [-0.2, -0.15) is 0 Å². The zero-order valence-electron chi connectivity index (χ0n) is 17.7. The SMILES string of the molecule is C=C(C)C(=O)O.C=C(C)C(=O)O.C=C(C)C(=O)O.C=Cc1ccccc1.OCCO. The third kappa shape index (κ3) is 35.6. The Balaban J connectivity index is -0.000000144. The van der Waals surface area contributed by atoms with E-state index < -0.39 is 17.9 Å². The fraction of sp³-hybridized carbons (Fsp3) is 0.227. The summed E-state index contributed by atoms with van der Waals surface area (Å²) >= 11 is 0. The van der Waals surface area contributed by atoms with Crippen molar-refractivity contribution in [2.75, 3.05) is 13.2 Å². The molecule has 0 aliphatic heterocycles. The zero-order chi connectivity index (χ0) is 24.7. The maximum atomic E-state index is 9.60. The van der Waals surface area contributed by atoms with Crippen LogP contribution in [0.4, 0.5) is 0 Å². The van der Waals surface area contributed by atoms with Crippen LogP contribution in [0.3, 0.4) is 0 Å². The predicted molar refractivity (Wildman–Crippen MR) is 118 cm³/mol. The van der Waals surface area contributed by atoms with E-state index >= 15 is 0 Å². The van der Waals surface area contributed by atoms with E-state index in [1.165, 1.54) is 26.3 Å². The molecular weight excluding hydrogens is 392 g/mol. The summed E-state index contributed by atoms with van der Waals surface area (Å²) < 4.78 is 0. The molecule has 0 amide bonds. The molecule has 0 unspecified atom stereocenters. The van der Waals surface area contributed by atoms with Crippen molar-refractivity contribution in [1.29, 1.82) is 0 Å². The average Bonchev–Trinajstić information content (AvgIpc) is 2.70. The number of benzene rings is 1. The monoisotopic (exact) mass is 424 g/mol. The second-order valence-electron chi connectivity index (χ2n) is 5.32. The summed E-state index contributed by atoms with van der Waals surface area (Å²) in [6.45, 7) is 17.2. The number of aliphatic hydroxyl groups is 2. The van der Waals surface area contributed by atoms with Gasteiger partial charge in [-0.15, -0.1) is 0 Å². The molecule has 0 saturated heterocycles. The molecular formula is C22H32O8. The fourth-order valence-electron chi connectivity index (χ4n) is 0.589. The maximum Gasteiger partial charge on any atom is 0.330 e. The molecule has 0 radical (unpaired) electrons. The summed E-state index contributed by atoms with van der Waals surface area (Å²) in [6.07, 6.45) is 1.83. The number of aliphatic hydroxyl groups excluding tert-OH is 2. The Morgan fingerprint density at radius 2 is 0.967 bits per heavy atom. The maximum absolute atomic E-state index is 9.60. The largest absolute Gasteiger partial charge is 0.478 e. The number of carboxylic acid groups (broad SMARTS) is 3. The molecule has 0 aliphatic carbocycles. The van der Waals surface area contributed by atoms with Crippen LogP contribution in [0.5, 0.6) is 0 Å². The van der Waals surface area contributed by atoms with Gasteiger partial charge in [-0.25, -0.2) is 14.4 Å². The van der Waals surface area contributed by atoms with Crippen molar-refractivity contribution in [2.45, 2.75) is 20.8 Å². The standard InChI is InChI=1S/C8H8.3C4H6O2.C2H6O2/c1-2-8-6-4-3-5-7-8;3*1-3(2)4(5)6;3-1-2-4/h2-7H,1H2;3*1H2,2H3,(H,5,6);3-4H,1-2H2. The minimum absolute atomic E-state index is 0.125. The highest BCUT2D eigenvalue weighted by Gasteiger charge is 1.91. The minimum Gasteiger partial charge on any atom is -0.478 e. The molecule has 0 spiro atoms. The lowest BCUT2D eigenvalue weighted by Gasteiger charge is -1.85. The molecule has 5 N–H and O–H groups in total. The van der Waals surface area contributed by atoms with Gasteiger partial charge in [-0.1, -0.05) is 62.7 Å². The van der Waals surface area contributed by atoms with Crippen LogP contribution >= 0.6 is 0 Å². The first-order valence-electron chi connectivity index (χ1n) is 8.33. The van der Waals surface area contributed by atoms with Gasteiger partial charge in [0, 0.05) is 16.7 Å². The number of aliphatic carboxylic acids is 3. The van der Waals surface area contributed by atoms with Crippen LogP contribution in [0.1, 0.15) is 26.3 Å². The number of carboxylic acids is 3. The lowest BCUT2D eigenvalue weighted by Crippen LogP contribution is -1.92. The number of rotatable bonds is 5. The van der Waals surface area contributed by atoms with Crippen molar-refractivity contribution >= 4 is 24.0 Å². The van der Waals surface area contributed by atoms with Crippen molar-refractivity contribution in [1.82, 2.24) is 0 Å². The summed E-state index contributed by atoms with van der Waals surface area (Å²) in [6, 6.07) is 10.0. The third-order valence-electron chi connectivity index (χ3n) is 2.23. The van der Waals surface area contributed by atoms with E-state index in [-0.39, 0.29) is 29.9 Å². The zero-order valence-corrected chi connectivity index (χ0v) is 17.7. The van der Waals surface area contributed by atoms with Gasteiger partial charge in [0.1, 0.15) is 0 Å². The van der Waals surface area contributed by atoms with E-state index in [0.29, 0.717) is 0 Å². The van der Waals surface area contributed by atoms with Gasteiger partial charge in [-0.05, 0) is 26.3 Å². The smallest absolute Gasteiger partial charge is 0.330 e. The molecule has 8 nitrogen and oxygen atoms in total. The summed E-state index contributed by atoms with van der Waals surface area (Å²) in [7, 11) is 0. The quantitative estimate of drug-likeness (QED) is 0.452. The van der Waals surface area contributed by atoms with E-state index in [9.17, 15) is 14.4 Å². The Morgan fingerprint density at radius 3 is 1.07 bits per heavy atom.